The smallest absolute Gasteiger partial charge is 0.130 e. The lowest BCUT2D eigenvalue weighted by Crippen LogP contribution is -1.82. The van der Waals surface area contributed by atoms with Gasteiger partial charge in [0.05, 0.1) is 10.8 Å². The van der Waals surface area contributed by atoms with E-state index < -0.39 is 0 Å². The van der Waals surface area contributed by atoms with Gasteiger partial charge in [-0.25, -0.2) is 9.97 Å². The van der Waals surface area contributed by atoms with Crippen molar-refractivity contribution in [1.29, 1.82) is 0 Å². The van der Waals surface area contributed by atoms with Gasteiger partial charge in [0.2, 0.25) is 0 Å². The first kappa shape index (κ1) is 7.21. The average molecular weight is 154 g/mol. The van der Waals surface area contributed by atoms with E-state index >= 15 is 0 Å². The van der Waals surface area contributed by atoms with E-state index in [-0.39, 0.29) is 0 Å². The Morgan fingerprint density at radius 2 is 2.60 bits per heavy atom. The largest absolute Gasteiger partial charge is 0.302 e. The zero-order valence-electron chi connectivity index (χ0n) is 5.23. The van der Waals surface area contributed by atoms with Gasteiger partial charge in [0.15, 0.2) is 0 Å². The summed E-state index contributed by atoms with van der Waals surface area (Å²) in [6.45, 7) is 0. The molecule has 1 aromatic heterocycles. The third-order valence-corrected chi connectivity index (χ3v) is 1.69. The van der Waals surface area contributed by atoms with Gasteiger partial charge in [-0.15, -0.1) is 0 Å². The molecule has 0 atom stereocenters. The Morgan fingerprint density at radius 1 is 1.70 bits per heavy atom. The molecule has 0 radical (unpaired) electrons. The molecule has 0 aliphatic carbocycles. The fourth-order valence-electron chi connectivity index (χ4n) is 0.483. The molecule has 0 bridgehead atoms. The predicted molar refractivity (Wildman–Crippen MR) is 38.8 cm³/mol. The molecule has 0 aliphatic heterocycles. The van der Waals surface area contributed by atoms with E-state index in [1.54, 1.807) is 12.3 Å². The standard InChI is InChI=1S/C6H6N2OS/c9-3-4-10-6-1-2-7-5-8-6/h1-3,5H,4H2. The molecule has 52 valence electrons. The third kappa shape index (κ3) is 2.14. The van der Waals surface area contributed by atoms with Crippen LogP contribution in [0.15, 0.2) is 23.6 Å². The second-order valence-electron chi connectivity index (χ2n) is 1.53. The summed E-state index contributed by atoms with van der Waals surface area (Å²) < 4.78 is 0. The number of carbonyl (C=O) groups is 1. The minimum absolute atomic E-state index is 0.455. The minimum Gasteiger partial charge on any atom is -0.302 e. The van der Waals surface area contributed by atoms with Gasteiger partial charge in [-0.2, -0.15) is 0 Å². The van der Waals surface area contributed by atoms with Crippen LogP contribution in [0.5, 0.6) is 0 Å². The van der Waals surface area contributed by atoms with Crippen LogP contribution in [-0.2, 0) is 4.79 Å². The second-order valence-corrected chi connectivity index (χ2v) is 2.57. The lowest BCUT2D eigenvalue weighted by molar-refractivity contribution is -0.105. The maximum Gasteiger partial charge on any atom is 0.130 e. The molecule has 1 aromatic rings. The maximum atomic E-state index is 9.91. The predicted octanol–water partition coefficient (Wildman–Crippen LogP) is 0.768. The van der Waals surface area contributed by atoms with Gasteiger partial charge >= 0.3 is 0 Å². The Hall–Kier alpha value is -0.900. The van der Waals surface area contributed by atoms with E-state index in [0.717, 1.165) is 11.3 Å². The Balaban J connectivity index is 2.50. The summed E-state index contributed by atoms with van der Waals surface area (Å²) >= 11 is 1.40. The van der Waals surface area contributed by atoms with Crippen LogP contribution in [0.4, 0.5) is 0 Å². The van der Waals surface area contributed by atoms with Gasteiger partial charge < -0.3 is 4.79 Å². The fraction of sp³-hybridized carbons (Fsp3) is 0.167. The molecule has 10 heavy (non-hydrogen) atoms. The molecule has 1 rings (SSSR count). The first-order chi connectivity index (χ1) is 4.93. The number of aldehydes is 1. The Labute approximate surface area is 62.9 Å². The van der Waals surface area contributed by atoms with Crippen LogP contribution in [0.3, 0.4) is 0 Å². The zero-order valence-corrected chi connectivity index (χ0v) is 6.04. The van der Waals surface area contributed by atoms with Gasteiger partial charge in [-0.05, 0) is 6.07 Å². The van der Waals surface area contributed by atoms with Crippen LogP contribution in [0.25, 0.3) is 0 Å². The molecule has 1 heterocycles. The van der Waals surface area contributed by atoms with Crippen molar-refractivity contribution < 1.29 is 4.79 Å². The summed E-state index contributed by atoms with van der Waals surface area (Å²) in [5.74, 6) is 0.455. The van der Waals surface area contributed by atoms with Crippen LogP contribution >= 0.6 is 11.8 Å². The summed E-state index contributed by atoms with van der Waals surface area (Å²) in [5, 5.41) is 0.835. The van der Waals surface area contributed by atoms with Crippen molar-refractivity contribution >= 4 is 18.0 Å². The number of nitrogens with zero attached hydrogens (tertiary/aromatic N) is 2. The summed E-state index contributed by atoms with van der Waals surface area (Å²) in [5.41, 5.74) is 0. The molecule has 0 fully saturated rings. The van der Waals surface area contributed by atoms with E-state index in [2.05, 4.69) is 9.97 Å². The monoisotopic (exact) mass is 154 g/mol. The van der Waals surface area contributed by atoms with Crippen molar-refractivity contribution in [1.82, 2.24) is 9.97 Å². The normalized spacial score (nSPS) is 9.20. The van der Waals surface area contributed by atoms with Crippen LogP contribution in [0.2, 0.25) is 0 Å². The van der Waals surface area contributed by atoms with E-state index in [1.807, 2.05) is 0 Å². The van der Waals surface area contributed by atoms with Gasteiger partial charge in [-0.1, -0.05) is 11.8 Å². The number of thioether (sulfide) groups is 1. The molecule has 0 saturated carbocycles. The summed E-state index contributed by atoms with van der Waals surface area (Å²) in [4.78, 5) is 17.6. The summed E-state index contributed by atoms with van der Waals surface area (Å²) in [6, 6.07) is 1.77. The fourth-order valence-corrected chi connectivity index (χ4v) is 1.00. The van der Waals surface area contributed by atoms with Gasteiger partial charge in [0, 0.05) is 6.20 Å². The maximum absolute atomic E-state index is 9.91. The highest BCUT2D eigenvalue weighted by atomic mass is 32.2. The number of carbonyl (C=O) groups excluding carboxylic acids is 1. The molecular formula is C6H6N2OS. The lowest BCUT2D eigenvalue weighted by atomic mass is 10.7. The highest BCUT2D eigenvalue weighted by Crippen LogP contribution is 2.10. The summed E-state index contributed by atoms with van der Waals surface area (Å²) in [6.07, 6.45) is 3.97. The highest BCUT2D eigenvalue weighted by Gasteiger charge is 1.90. The topological polar surface area (TPSA) is 42.9 Å². The number of hydrogen-bond acceptors (Lipinski definition) is 4. The minimum atomic E-state index is 0.455. The third-order valence-electron chi connectivity index (χ3n) is 0.854. The van der Waals surface area contributed by atoms with Crippen molar-refractivity contribution in [3.63, 3.8) is 0 Å². The summed E-state index contributed by atoms with van der Waals surface area (Å²) in [7, 11) is 0. The van der Waals surface area contributed by atoms with Gasteiger partial charge in [0.1, 0.15) is 12.6 Å². The molecule has 0 spiro atoms. The van der Waals surface area contributed by atoms with Gasteiger partial charge in [0.25, 0.3) is 0 Å². The Bertz CT molecular complexity index is 202. The molecule has 0 N–H and O–H groups in total. The van der Waals surface area contributed by atoms with E-state index in [4.69, 9.17) is 0 Å². The molecule has 0 unspecified atom stereocenters. The molecule has 0 saturated heterocycles. The van der Waals surface area contributed by atoms with E-state index in [9.17, 15) is 4.79 Å². The van der Waals surface area contributed by atoms with Gasteiger partial charge in [-0.3, -0.25) is 0 Å². The molecule has 0 aliphatic rings. The van der Waals surface area contributed by atoms with Crippen molar-refractivity contribution in [2.75, 3.05) is 5.75 Å². The van der Waals surface area contributed by atoms with E-state index in [1.165, 1.54) is 18.1 Å². The van der Waals surface area contributed by atoms with Crippen molar-refractivity contribution in [2.24, 2.45) is 0 Å². The Kier molecular flexibility index (Phi) is 2.89. The molecule has 4 heteroatoms. The van der Waals surface area contributed by atoms with Crippen molar-refractivity contribution in [3.05, 3.63) is 18.6 Å². The average Bonchev–Trinajstić information content (AvgIpc) is 2.03. The number of aromatic nitrogens is 2. The lowest BCUT2D eigenvalue weighted by Gasteiger charge is -1.91. The van der Waals surface area contributed by atoms with Crippen LogP contribution in [0.1, 0.15) is 0 Å². The first-order valence-corrected chi connectivity index (χ1v) is 3.74. The molecule has 0 amide bonds. The SMILES string of the molecule is O=CCSc1ccncn1. The van der Waals surface area contributed by atoms with E-state index in [0.29, 0.717) is 5.75 Å². The highest BCUT2D eigenvalue weighted by molar-refractivity contribution is 7.99. The van der Waals surface area contributed by atoms with Crippen molar-refractivity contribution in [3.8, 4) is 0 Å². The first-order valence-electron chi connectivity index (χ1n) is 2.76. The van der Waals surface area contributed by atoms with Crippen LogP contribution < -0.4 is 0 Å². The quantitative estimate of drug-likeness (QED) is 0.366. The zero-order chi connectivity index (χ0) is 7.23. The second kappa shape index (κ2) is 4.00. The molecule has 3 nitrogen and oxygen atoms in total. The van der Waals surface area contributed by atoms with Crippen LogP contribution in [0, 0.1) is 0 Å². The Morgan fingerprint density at radius 3 is 3.20 bits per heavy atom. The number of hydrogen-bond donors (Lipinski definition) is 0. The van der Waals surface area contributed by atoms with Crippen LogP contribution in [-0.4, -0.2) is 22.0 Å². The van der Waals surface area contributed by atoms with Crippen molar-refractivity contribution in [2.45, 2.75) is 5.03 Å². The molecule has 0 aromatic carbocycles. The molecular weight excluding hydrogens is 148 g/mol. The number of rotatable bonds is 3.